The van der Waals surface area contributed by atoms with Crippen LogP contribution in [0.15, 0.2) is 28.9 Å². The zero-order valence-corrected chi connectivity index (χ0v) is 12.5. The van der Waals surface area contributed by atoms with Crippen molar-refractivity contribution in [2.24, 2.45) is 0 Å². The first kappa shape index (κ1) is 12.9. The van der Waals surface area contributed by atoms with Gasteiger partial charge in [0, 0.05) is 16.0 Å². The smallest absolute Gasteiger partial charge is 0.140 e. The third-order valence-electron chi connectivity index (χ3n) is 2.30. The number of aromatic nitrogens is 1. The predicted molar refractivity (Wildman–Crippen MR) is 78.0 cm³/mol. The van der Waals surface area contributed by atoms with Crippen LogP contribution in [0.4, 0.5) is 5.82 Å². The van der Waals surface area contributed by atoms with Gasteiger partial charge in [-0.25, -0.2) is 4.98 Å². The van der Waals surface area contributed by atoms with Crippen LogP contribution >= 0.6 is 38.9 Å². The fourth-order valence-electron chi connectivity index (χ4n) is 1.42. The summed E-state index contributed by atoms with van der Waals surface area (Å²) in [5.41, 5.74) is 0. The molecule has 2 rings (SSSR count). The highest BCUT2D eigenvalue weighted by atomic mass is 79.9. The number of halogens is 2. The van der Waals surface area contributed by atoms with Crippen molar-refractivity contribution in [3.63, 3.8) is 0 Å². The SMILES string of the molecule is CCc1ccc(CNc2ncc(Cl)cc2Br)s1. The minimum atomic E-state index is 0.631. The number of rotatable bonds is 4. The highest BCUT2D eigenvalue weighted by Gasteiger charge is 2.03. The van der Waals surface area contributed by atoms with Crippen LogP contribution in [-0.4, -0.2) is 4.98 Å². The van der Waals surface area contributed by atoms with Crippen molar-refractivity contribution >= 4 is 44.7 Å². The normalized spacial score (nSPS) is 10.5. The molecule has 0 fully saturated rings. The molecular formula is C12H12BrClN2S. The molecule has 0 radical (unpaired) electrons. The largest absolute Gasteiger partial charge is 0.364 e. The summed E-state index contributed by atoms with van der Waals surface area (Å²) < 4.78 is 0.886. The molecule has 0 bridgehead atoms. The van der Waals surface area contributed by atoms with Gasteiger partial charge in [0.25, 0.3) is 0 Å². The average Bonchev–Trinajstić information content (AvgIpc) is 2.76. The average molecular weight is 332 g/mol. The summed E-state index contributed by atoms with van der Waals surface area (Å²) in [4.78, 5) is 6.95. The summed E-state index contributed by atoms with van der Waals surface area (Å²) in [5, 5.41) is 3.92. The van der Waals surface area contributed by atoms with Crippen molar-refractivity contribution < 1.29 is 0 Å². The lowest BCUT2D eigenvalue weighted by atomic mass is 10.3. The van der Waals surface area contributed by atoms with Crippen molar-refractivity contribution in [1.29, 1.82) is 0 Å². The summed E-state index contributed by atoms with van der Waals surface area (Å²) >= 11 is 11.1. The zero-order valence-electron chi connectivity index (χ0n) is 9.34. The molecule has 0 saturated carbocycles. The van der Waals surface area contributed by atoms with E-state index in [1.165, 1.54) is 9.75 Å². The van der Waals surface area contributed by atoms with Gasteiger partial charge in [0.1, 0.15) is 5.82 Å². The molecular weight excluding hydrogens is 320 g/mol. The van der Waals surface area contributed by atoms with Crippen LogP contribution in [0.1, 0.15) is 16.7 Å². The van der Waals surface area contributed by atoms with E-state index in [1.54, 1.807) is 6.20 Å². The minimum Gasteiger partial charge on any atom is -0.364 e. The third-order valence-corrected chi connectivity index (χ3v) is 4.34. The monoisotopic (exact) mass is 330 g/mol. The maximum atomic E-state index is 5.84. The first-order chi connectivity index (χ1) is 8.19. The number of nitrogens with one attached hydrogen (secondary N) is 1. The van der Waals surface area contributed by atoms with E-state index in [1.807, 2.05) is 17.4 Å². The van der Waals surface area contributed by atoms with E-state index >= 15 is 0 Å². The van der Waals surface area contributed by atoms with Gasteiger partial charge in [-0.3, -0.25) is 0 Å². The molecule has 0 spiro atoms. The summed E-state index contributed by atoms with van der Waals surface area (Å²) in [6.07, 6.45) is 2.73. The molecule has 2 aromatic heterocycles. The van der Waals surface area contributed by atoms with Gasteiger partial charge in [0.05, 0.1) is 16.0 Å². The summed E-state index contributed by atoms with van der Waals surface area (Å²) in [5.74, 6) is 0.820. The molecule has 0 aromatic carbocycles. The number of pyridine rings is 1. The molecule has 0 atom stereocenters. The Hall–Kier alpha value is -0.580. The van der Waals surface area contributed by atoms with Gasteiger partial charge in [0.15, 0.2) is 0 Å². The Morgan fingerprint density at radius 2 is 2.18 bits per heavy atom. The first-order valence-electron chi connectivity index (χ1n) is 5.31. The lowest BCUT2D eigenvalue weighted by Gasteiger charge is -2.06. The Morgan fingerprint density at radius 3 is 2.82 bits per heavy atom. The third kappa shape index (κ3) is 3.44. The lowest BCUT2D eigenvalue weighted by molar-refractivity contribution is 1.13. The molecule has 0 aliphatic heterocycles. The number of hydrogen-bond donors (Lipinski definition) is 1. The van der Waals surface area contributed by atoms with E-state index in [4.69, 9.17) is 11.6 Å². The summed E-state index contributed by atoms with van der Waals surface area (Å²) in [6, 6.07) is 6.16. The predicted octanol–water partition coefficient (Wildman–Crippen LogP) is 4.73. The summed E-state index contributed by atoms with van der Waals surface area (Å²) in [7, 11) is 0. The lowest BCUT2D eigenvalue weighted by Crippen LogP contribution is -2.00. The van der Waals surface area contributed by atoms with E-state index < -0.39 is 0 Å². The number of hydrogen-bond acceptors (Lipinski definition) is 3. The van der Waals surface area contributed by atoms with Crippen LogP contribution in [0.5, 0.6) is 0 Å². The van der Waals surface area contributed by atoms with E-state index in [0.29, 0.717) is 5.02 Å². The van der Waals surface area contributed by atoms with Crippen molar-refractivity contribution in [2.45, 2.75) is 19.9 Å². The standard InChI is InChI=1S/C12H12BrClN2S/c1-2-9-3-4-10(17-9)7-16-12-11(13)5-8(14)6-15-12/h3-6H,2,7H2,1H3,(H,15,16). The van der Waals surface area contributed by atoms with E-state index in [2.05, 4.69) is 45.3 Å². The Morgan fingerprint density at radius 1 is 1.41 bits per heavy atom. The molecule has 0 unspecified atom stereocenters. The van der Waals surface area contributed by atoms with Gasteiger partial charge in [-0.05, 0) is 40.5 Å². The molecule has 2 nitrogen and oxygen atoms in total. The van der Waals surface area contributed by atoms with Crippen LogP contribution in [0.3, 0.4) is 0 Å². The van der Waals surface area contributed by atoms with Gasteiger partial charge in [0.2, 0.25) is 0 Å². The molecule has 90 valence electrons. The second-order valence-corrected chi connectivity index (χ2v) is 6.10. The van der Waals surface area contributed by atoms with Gasteiger partial charge in [-0.15, -0.1) is 11.3 Å². The second-order valence-electron chi connectivity index (χ2n) is 3.56. The second kappa shape index (κ2) is 5.85. The van der Waals surface area contributed by atoms with E-state index in [-0.39, 0.29) is 0 Å². The van der Waals surface area contributed by atoms with Crippen molar-refractivity contribution in [2.75, 3.05) is 5.32 Å². The molecule has 2 aromatic rings. The maximum absolute atomic E-state index is 5.84. The molecule has 0 aliphatic carbocycles. The Balaban J connectivity index is 2.02. The van der Waals surface area contributed by atoms with Crippen molar-refractivity contribution in [3.05, 3.63) is 43.6 Å². The van der Waals surface area contributed by atoms with Crippen molar-refractivity contribution in [3.8, 4) is 0 Å². The fraction of sp³-hybridized carbons (Fsp3) is 0.250. The highest BCUT2D eigenvalue weighted by Crippen LogP contribution is 2.24. The number of anilines is 1. The number of nitrogens with zero attached hydrogens (tertiary/aromatic N) is 1. The fourth-order valence-corrected chi connectivity index (χ4v) is 3.10. The first-order valence-corrected chi connectivity index (χ1v) is 7.30. The van der Waals surface area contributed by atoms with Crippen molar-refractivity contribution in [1.82, 2.24) is 4.98 Å². The van der Waals surface area contributed by atoms with Gasteiger partial charge < -0.3 is 5.32 Å². The quantitative estimate of drug-likeness (QED) is 0.875. The Labute approximate surface area is 118 Å². The molecule has 0 saturated heterocycles. The zero-order chi connectivity index (χ0) is 12.3. The van der Waals surface area contributed by atoms with Gasteiger partial charge in [-0.2, -0.15) is 0 Å². The van der Waals surface area contributed by atoms with Crippen LogP contribution < -0.4 is 5.32 Å². The topological polar surface area (TPSA) is 24.9 Å². The number of aryl methyl sites for hydroxylation is 1. The molecule has 1 N–H and O–H groups in total. The Bertz CT molecular complexity index is 513. The van der Waals surface area contributed by atoms with Gasteiger partial charge >= 0.3 is 0 Å². The number of thiophene rings is 1. The van der Waals surface area contributed by atoms with Crippen LogP contribution in [0.2, 0.25) is 5.02 Å². The summed E-state index contributed by atoms with van der Waals surface area (Å²) in [6.45, 7) is 2.96. The molecule has 5 heteroatoms. The van der Waals surface area contributed by atoms with Crippen LogP contribution in [-0.2, 0) is 13.0 Å². The maximum Gasteiger partial charge on any atom is 0.140 e. The molecule has 2 heterocycles. The molecule has 0 aliphatic rings. The van der Waals surface area contributed by atoms with E-state index in [0.717, 1.165) is 23.3 Å². The minimum absolute atomic E-state index is 0.631. The van der Waals surface area contributed by atoms with Crippen LogP contribution in [0.25, 0.3) is 0 Å². The highest BCUT2D eigenvalue weighted by molar-refractivity contribution is 9.10. The van der Waals surface area contributed by atoms with Gasteiger partial charge in [-0.1, -0.05) is 18.5 Å². The molecule has 0 amide bonds. The molecule has 17 heavy (non-hydrogen) atoms. The van der Waals surface area contributed by atoms with Crippen LogP contribution in [0, 0.1) is 0 Å². The van der Waals surface area contributed by atoms with E-state index in [9.17, 15) is 0 Å². The Kier molecular flexibility index (Phi) is 4.42.